The fourth-order valence-electron chi connectivity index (χ4n) is 1.48. The van der Waals surface area contributed by atoms with Crippen LogP contribution < -0.4 is 5.32 Å². The normalized spacial score (nSPS) is 10.2. The van der Waals surface area contributed by atoms with Crippen LogP contribution in [0.25, 0.3) is 0 Å². The number of hydrogen-bond acceptors (Lipinski definition) is 4. The molecule has 0 aliphatic heterocycles. The SMILES string of the molecule is Cc1[nH]cnc1CNc1cccc([N+](=O)[O-])c1. The molecule has 1 aromatic carbocycles. The van der Waals surface area contributed by atoms with E-state index in [4.69, 9.17) is 0 Å². The van der Waals surface area contributed by atoms with E-state index in [1.165, 1.54) is 12.1 Å². The molecule has 1 heterocycles. The van der Waals surface area contributed by atoms with Gasteiger partial charge in [-0.15, -0.1) is 0 Å². The van der Waals surface area contributed by atoms with E-state index in [1.54, 1.807) is 18.5 Å². The first-order valence-corrected chi connectivity index (χ1v) is 5.14. The van der Waals surface area contributed by atoms with Crippen molar-refractivity contribution >= 4 is 11.4 Å². The number of aromatic amines is 1. The molecule has 6 nitrogen and oxygen atoms in total. The van der Waals surface area contributed by atoms with Crippen molar-refractivity contribution in [2.75, 3.05) is 5.32 Å². The second-order valence-corrected chi connectivity index (χ2v) is 3.64. The third kappa shape index (κ3) is 2.60. The van der Waals surface area contributed by atoms with Crippen molar-refractivity contribution in [2.24, 2.45) is 0 Å². The standard InChI is InChI=1S/C11H12N4O2/c1-8-11(14-7-13-8)6-12-9-3-2-4-10(5-9)15(16)17/h2-5,7,12H,6H2,1H3,(H,13,14). The van der Waals surface area contributed by atoms with Crippen molar-refractivity contribution in [2.45, 2.75) is 13.5 Å². The van der Waals surface area contributed by atoms with Gasteiger partial charge >= 0.3 is 0 Å². The molecule has 88 valence electrons. The Morgan fingerprint density at radius 2 is 2.35 bits per heavy atom. The highest BCUT2D eigenvalue weighted by atomic mass is 16.6. The molecule has 0 fully saturated rings. The lowest BCUT2D eigenvalue weighted by atomic mass is 10.2. The Morgan fingerprint density at radius 1 is 1.53 bits per heavy atom. The molecule has 1 aromatic heterocycles. The van der Waals surface area contributed by atoms with Crippen LogP contribution in [0.3, 0.4) is 0 Å². The first-order chi connectivity index (χ1) is 8.16. The quantitative estimate of drug-likeness (QED) is 0.625. The monoisotopic (exact) mass is 232 g/mol. The highest BCUT2D eigenvalue weighted by Crippen LogP contribution is 2.17. The second kappa shape index (κ2) is 4.65. The molecule has 0 atom stereocenters. The summed E-state index contributed by atoms with van der Waals surface area (Å²) in [6.45, 7) is 2.47. The van der Waals surface area contributed by atoms with E-state index in [-0.39, 0.29) is 5.69 Å². The number of non-ortho nitro benzene ring substituents is 1. The molecule has 0 bridgehead atoms. The molecule has 0 spiro atoms. The lowest BCUT2D eigenvalue weighted by molar-refractivity contribution is -0.384. The van der Waals surface area contributed by atoms with Crippen LogP contribution in [0, 0.1) is 17.0 Å². The maximum atomic E-state index is 10.6. The maximum absolute atomic E-state index is 10.6. The summed E-state index contributed by atoms with van der Waals surface area (Å²) in [4.78, 5) is 17.3. The minimum atomic E-state index is -0.412. The molecule has 2 N–H and O–H groups in total. The molecule has 2 aromatic rings. The maximum Gasteiger partial charge on any atom is 0.271 e. The molecule has 0 aliphatic rings. The predicted octanol–water partition coefficient (Wildman–Crippen LogP) is 2.24. The number of benzene rings is 1. The number of nitrogens with zero attached hydrogens (tertiary/aromatic N) is 2. The summed E-state index contributed by atoms with van der Waals surface area (Å²) < 4.78 is 0. The number of nitro benzene ring substituents is 1. The number of aromatic nitrogens is 2. The Bertz CT molecular complexity index is 536. The van der Waals surface area contributed by atoms with Gasteiger partial charge in [0, 0.05) is 23.5 Å². The van der Waals surface area contributed by atoms with Crippen LogP contribution in [0.1, 0.15) is 11.4 Å². The molecule has 0 radical (unpaired) electrons. The Kier molecular flexibility index (Phi) is 3.04. The van der Waals surface area contributed by atoms with Crippen LogP contribution >= 0.6 is 0 Å². The Labute approximate surface area is 97.9 Å². The number of aryl methyl sites for hydroxylation is 1. The summed E-state index contributed by atoms with van der Waals surface area (Å²) in [6, 6.07) is 6.40. The van der Waals surface area contributed by atoms with Crippen LogP contribution in [-0.2, 0) is 6.54 Å². The summed E-state index contributed by atoms with van der Waals surface area (Å²) in [5.74, 6) is 0. The van der Waals surface area contributed by atoms with Crippen molar-refractivity contribution < 1.29 is 4.92 Å². The first-order valence-electron chi connectivity index (χ1n) is 5.14. The lowest BCUT2D eigenvalue weighted by Gasteiger charge is -2.04. The molecule has 17 heavy (non-hydrogen) atoms. The van der Waals surface area contributed by atoms with Gasteiger partial charge in [-0.05, 0) is 13.0 Å². The molecule has 0 amide bonds. The van der Waals surface area contributed by atoms with Gasteiger partial charge in [-0.25, -0.2) is 4.98 Å². The molecule has 0 aliphatic carbocycles. The van der Waals surface area contributed by atoms with E-state index in [0.29, 0.717) is 12.2 Å². The zero-order valence-electron chi connectivity index (χ0n) is 9.30. The third-order valence-electron chi connectivity index (χ3n) is 2.45. The average Bonchev–Trinajstić information content (AvgIpc) is 2.72. The largest absolute Gasteiger partial charge is 0.379 e. The van der Waals surface area contributed by atoms with E-state index in [2.05, 4.69) is 15.3 Å². The van der Waals surface area contributed by atoms with Crippen LogP contribution in [0.5, 0.6) is 0 Å². The number of hydrogen-bond donors (Lipinski definition) is 2. The third-order valence-corrected chi connectivity index (χ3v) is 2.45. The van der Waals surface area contributed by atoms with Crippen molar-refractivity contribution in [1.29, 1.82) is 0 Å². The molecular formula is C11H12N4O2. The van der Waals surface area contributed by atoms with Gasteiger partial charge in [-0.1, -0.05) is 6.07 Å². The van der Waals surface area contributed by atoms with Crippen molar-refractivity contribution in [1.82, 2.24) is 9.97 Å². The lowest BCUT2D eigenvalue weighted by Crippen LogP contribution is -2.01. The molecule has 0 unspecified atom stereocenters. The van der Waals surface area contributed by atoms with E-state index in [0.717, 1.165) is 11.4 Å². The summed E-state index contributed by atoms with van der Waals surface area (Å²) >= 11 is 0. The molecular weight excluding hydrogens is 220 g/mol. The van der Waals surface area contributed by atoms with Crippen LogP contribution in [-0.4, -0.2) is 14.9 Å². The molecule has 0 saturated carbocycles. The van der Waals surface area contributed by atoms with Gasteiger partial charge in [-0.3, -0.25) is 10.1 Å². The topological polar surface area (TPSA) is 83.8 Å². The number of nitro groups is 1. The number of anilines is 1. The van der Waals surface area contributed by atoms with Gasteiger partial charge in [0.15, 0.2) is 0 Å². The van der Waals surface area contributed by atoms with E-state index >= 15 is 0 Å². The molecule has 2 rings (SSSR count). The number of imidazole rings is 1. The minimum absolute atomic E-state index is 0.0775. The zero-order chi connectivity index (χ0) is 12.3. The first kappa shape index (κ1) is 11.1. The van der Waals surface area contributed by atoms with Crippen molar-refractivity contribution in [3.8, 4) is 0 Å². The predicted molar refractivity (Wildman–Crippen MR) is 63.7 cm³/mol. The van der Waals surface area contributed by atoms with Crippen molar-refractivity contribution in [3.63, 3.8) is 0 Å². The molecule has 6 heteroatoms. The summed E-state index contributed by atoms with van der Waals surface area (Å²) in [5.41, 5.74) is 2.68. The van der Waals surface area contributed by atoms with E-state index in [1.807, 2.05) is 6.92 Å². The highest BCUT2D eigenvalue weighted by molar-refractivity contribution is 5.51. The number of H-pyrrole nitrogens is 1. The van der Waals surface area contributed by atoms with Crippen LogP contribution in [0.4, 0.5) is 11.4 Å². The van der Waals surface area contributed by atoms with Crippen LogP contribution in [0.2, 0.25) is 0 Å². The van der Waals surface area contributed by atoms with Crippen molar-refractivity contribution in [3.05, 3.63) is 52.1 Å². The zero-order valence-corrected chi connectivity index (χ0v) is 9.30. The second-order valence-electron chi connectivity index (χ2n) is 3.64. The van der Waals surface area contributed by atoms with Gasteiger partial charge in [0.1, 0.15) is 0 Å². The van der Waals surface area contributed by atoms with Gasteiger partial charge < -0.3 is 10.3 Å². The minimum Gasteiger partial charge on any atom is -0.379 e. The Morgan fingerprint density at radius 3 is 3.00 bits per heavy atom. The van der Waals surface area contributed by atoms with Gasteiger partial charge in [0.25, 0.3) is 5.69 Å². The van der Waals surface area contributed by atoms with Crippen LogP contribution in [0.15, 0.2) is 30.6 Å². The highest BCUT2D eigenvalue weighted by Gasteiger charge is 2.06. The average molecular weight is 232 g/mol. The Balaban J connectivity index is 2.07. The van der Waals surface area contributed by atoms with Gasteiger partial charge in [0.2, 0.25) is 0 Å². The van der Waals surface area contributed by atoms with Gasteiger partial charge in [-0.2, -0.15) is 0 Å². The van der Waals surface area contributed by atoms with E-state index in [9.17, 15) is 10.1 Å². The summed E-state index contributed by atoms with van der Waals surface area (Å²) in [7, 11) is 0. The fraction of sp³-hybridized carbons (Fsp3) is 0.182. The fourth-order valence-corrected chi connectivity index (χ4v) is 1.48. The molecule has 0 saturated heterocycles. The van der Waals surface area contributed by atoms with Gasteiger partial charge in [0.05, 0.1) is 23.5 Å². The Hall–Kier alpha value is -2.37. The van der Waals surface area contributed by atoms with E-state index < -0.39 is 4.92 Å². The summed E-state index contributed by atoms with van der Waals surface area (Å²) in [5, 5.41) is 13.7. The number of rotatable bonds is 4. The summed E-state index contributed by atoms with van der Waals surface area (Å²) in [6.07, 6.45) is 1.62. The smallest absolute Gasteiger partial charge is 0.271 e. The number of nitrogens with one attached hydrogen (secondary N) is 2.